The maximum atomic E-state index is 12.9. The Morgan fingerprint density at radius 2 is 1.46 bits per heavy atom. The van der Waals surface area contributed by atoms with Crippen molar-refractivity contribution >= 4 is 32.5 Å². The molecule has 0 atom stereocenters. The highest BCUT2D eigenvalue weighted by Gasteiger charge is 2.24. The normalized spacial score (nSPS) is 12.0. The Hall–Kier alpha value is -1.49. The Kier molecular flexibility index (Phi) is 8.19. The minimum atomic E-state index is -3.79. The monoisotopic (exact) mass is 419 g/mol. The average molecular weight is 420 g/mol. The molecule has 2 aromatic carbocycles. The lowest BCUT2D eigenvalue weighted by Gasteiger charge is -2.22. The van der Waals surface area contributed by atoms with Crippen LogP contribution in [0, 0.1) is 0 Å². The molecule has 0 saturated heterocycles. The summed E-state index contributed by atoms with van der Waals surface area (Å²) < 4.78 is 52.7. The first-order chi connectivity index (χ1) is 11.8. The molecule has 0 unspecified atom stereocenters. The zero-order valence-electron chi connectivity index (χ0n) is 14.2. The largest absolute Gasteiger partial charge is 0.329 e. The van der Waals surface area contributed by atoms with E-state index in [4.69, 9.17) is 5.73 Å². The van der Waals surface area contributed by atoms with Gasteiger partial charge in [-0.2, -0.15) is 4.31 Å². The lowest BCUT2D eigenvalue weighted by atomic mass is 10.2. The summed E-state index contributed by atoms with van der Waals surface area (Å²) in [6.07, 6.45) is 0. The Balaban J connectivity index is 0.00000338. The number of hydrogen-bond donors (Lipinski definition) is 2. The van der Waals surface area contributed by atoms with Gasteiger partial charge in [0.2, 0.25) is 20.0 Å². The van der Waals surface area contributed by atoms with Gasteiger partial charge in [0.1, 0.15) is 0 Å². The molecule has 7 nitrogen and oxygen atoms in total. The van der Waals surface area contributed by atoms with Crippen LogP contribution < -0.4 is 10.5 Å². The molecule has 2 aromatic rings. The zero-order valence-corrected chi connectivity index (χ0v) is 16.6. The fourth-order valence-corrected chi connectivity index (χ4v) is 4.45. The Labute approximate surface area is 160 Å². The standard InChI is InChI=1S/C16H21N3O4S2.ClH/c1-18-24(20,21)15-7-9-16(10-8-15)25(22,23)19(12-11-17)13-14-5-3-2-4-6-14;/h2-10,18H,11-13,17H2,1H3;1H. The quantitative estimate of drug-likeness (QED) is 0.667. The van der Waals surface area contributed by atoms with Crippen LogP contribution in [0.15, 0.2) is 64.4 Å². The van der Waals surface area contributed by atoms with Crippen molar-refractivity contribution < 1.29 is 16.8 Å². The zero-order chi connectivity index (χ0) is 18.5. The summed E-state index contributed by atoms with van der Waals surface area (Å²) >= 11 is 0. The van der Waals surface area contributed by atoms with Gasteiger partial charge in [0.15, 0.2) is 0 Å². The van der Waals surface area contributed by atoms with Crippen molar-refractivity contribution in [2.24, 2.45) is 5.73 Å². The second-order valence-corrected chi connectivity index (χ2v) is 9.12. The van der Waals surface area contributed by atoms with Gasteiger partial charge in [0, 0.05) is 19.6 Å². The molecule has 0 heterocycles. The molecule has 0 aliphatic heterocycles. The van der Waals surface area contributed by atoms with E-state index in [9.17, 15) is 16.8 Å². The fourth-order valence-electron chi connectivity index (χ4n) is 2.27. The molecule has 26 heavy (non-hydrogen) atoms. The number of hydrogen-bond acceptors (Lipinski definition) is 5. The van der Waals surface area contributed by atoms with Crippen molar-refractivity contribution in [1.29, 1.82) is 0 Å². The maximum Gasteiger partial charge on any atom is 0.243 e. The molecule has 0 aliphatic rings. The number of halogens is 1. The minimum absolute atomic E-state index is 0. The van der Waals surface area contributed by atoms with Crippen LogP contribution in [0.5, 0.6) is 0 Å². The van der Waals surface area contributed by atoms with Crippen LogP contribution in [0.25, 0.3) is 0 Å². The number of rotatable bonds is 8. The third-order valence-electron chi connectivity index (χ3n) is 3.62. The highest BCUT2D eigenvalue weighted by Crippen LogP contribution is 2.20. The van der Waals surface area contributed by atoms with Crippen LogP contribution in [-0.2, 0) is 26.6 Å². The second kappa shape index (κ2) is 9.45. The van der Waals surface area contributed by atoms with Crippen LogP contribution in [0.3, 0.4) is 0 Å². The highest BCUT2D eigenvalue weighted by atomic mass is 35.5. The van der Waals surface area contributed by atoms with E-state index in [0.29, 0.717) is 0 Å². The molecule has 0 saturated carbocycles. The number of sulfonamides is 2. The van der Waals surface area contributed by atoms with Crippen molar-refractivity contribution in [2.45, 2.75) is 16.3 Å². The second-order valence-electron chi connectivity index (χ2n) is 5.29. The van der Waals surface area contributed by atoms with Crippen molar-refractivity contribution in [3.8, 4) is 0 Å². The summed E-state index contributed by atoms with van der Waals surface area (Å²) in [6, 6.07) is 14.3. The third-order valence-corrected chi connectivity index (χ3v) is 6.91. The summed E-state index contributed by atoms with van der Waals surface area (Å²) in [6.45, 7) is 0.531. The SMILES string of the molecule is CNS(=O)(=O)c1ccc(S(=O)(=O)N(CCN)Cc2ccccc2)cc1.Cl. The molecule has 144 valence electrons. The van der Waals surface area contributed by atoms with Crippen molar-refractivity contribution in [2.75, 3.05) is 20.1 Å². The summed E-state index contributed by atoms with van der Waals surface area (Å²) in [4.78, 5) is 0.0225. The average Bonchev–Trinajstić information content (AvgIpc) is 2.62. The molecule has 2 rings (SSSR count). The van der Waals surface area contributed by atoms with E-state index in [0.717, 1.165) is 5.56 Å². The molecule has 0 amide bonds. The van der Waals surface area contributed by atoms with Crippen LogP contribution in [0.4, 0.5) is 0 Å². The topological polar surface area (TPSA) is 110 Å². The van der Waals surface area contributed by atoms with E-state index < -0.39 is 20.0 Å². The number of nitrogens with two attached hydrogens (primary N) is 1. The van der Waals surface area contributed by atoms with Gasteiger partial charge in [-0.1, -0.05) is 30.3 Å². The van der Waals surface area contributed by atoms with Gasteiger partial charge in [0.05, 0.1) is 9.79 Å². The van der Waals surface area contributed by atoms with E-state index >= 15 is 0 Å². The van der Waals surface area contributed by atoms with Crippen LogP contribution in [-0.4, -0.2) is 41.3 Å². The summed E-state index contributed by atoms with van der Waals surface area (Å²) in [7, 11) is -6.12. The fraction of sp³-hybridized carbons (Fsp3) is 0.250. The smallest absolute Gasteiger partial charge is 0.243 e. The van der Waals surface area contributed by atoms with E-state index in [1.165, 1.54) is 35.6 Å². The number of nitrogens with one attached hydrogen (secondary N) is 1. The molecule has 0 fully saturated rings. The van der Waals surface area contributed by atoms with Gasteiger partial charge in [-0.15, -0.1) is 12.4 Å². The van der Waals surface area contributed by atoms with Crippen molar-refractivity contribution in [3.05, 3.63) is 60.2 Å². The number of nitrogens with zero attached hydrogens (tertiary/aromatic N) is 1. The van der Waals surface area contributed by atoms with Gasteiger partial charge in [-0.05, 0) is 36.9 Å². The van der Waals surface area contributed by atoms with Crippen LogP contribution in [0.2, 0.25) is 0 Å². The lowest BCUT2D eigenvalue weighted by molar-refractivity contribution is 0.414. The van der Waals surface area contributed by atoms with E-state index in [1.807, 2.05) is 30.3 Å². The molecule has 10 heteroatoms. The minimum Gasteiger partial charge on any atom is -0.329 e. The number of benzene rings is 2. The first-order valence-corrected chi connectivity index (χ1v) is 10.5. The molecule has 0 aromatic heterocycles. The first kappa shape index (κ1) is 22.6. The van der Waals surface area contributed by atoms with Crippen molar-refractivity contribution in [1.82, 2.24) is 9.03 Å². The van der Waals surface area contributed by atoms with Crippen LogP contribution in [0.1, 0.15) is 5.56 Å². The summed E-state index contributed by atoms with van der Waals surface area (Å²) in [5.74, 6) is 0. The third kappa shape index (κ3) is 5.26. The predicted molar refractivity (Wildman–Crippen MR) is 103 cm³/mol. The summed E-state index contributed by atoms with van der Waals surface area (Å²) in [5.41, 5.74) is 6.40. The maximum absolute atomic E-state index is 12.9. The lowest BCUT2D eigenvalue weighted by Crippen LogP contribution is -2.35. The van der Waals surface area contributed by atoms with Crippen LogP contribution >= 0.6 is 12.4 Å². The highest BCUT2D eigenvalue weighted by molar-refractivity contribution is 7.89. The van der Waals surface area contributed by atoms with Gasteiger partial charge in [-0.3, -0.25) is 0 Å². The Morgan fingerprint density at radius 1 is 0.923 bits per heavy atom. The molecule has 3 N–H and O–H groups in total. The van der Waals surface area contributed by atoms with Gasteiger partial charge < -0.3 is 5.73 Å². The molecular weight excluding hydrogens is 398 g/mol. The van der Waals surface area contributed by atoms with E-state index in [1.54, 1.807) is 0 Å². The molecule has 0 radical (unpaired) electrons. The predicted octanol–water partition coefficient (Wildman–Crippen LogP) is 1.17. The Morgan fingerprint density at radius 3 is 1.96 bits per heavy atom. The van der Waals surface area contributed by atoms with Gasteiger partial charge in [0.25, 0.3) is 0 Å². The molecular formula is C16H22ClN3O4S2. The summed E-state index contributed by atoms with van der Waals surface area (Å²) in [5, 5.41) is 0. The molecule has 0 bridgehead atoms. The van der Waals surface area contributed by atoms with Gasteiger partial charge in [-0.25, -0.2) is 21.6 Å². The van der Waals surface area contributed by atoms with E-state index in [2.05, 4.69) is 4.72 Å². The van der Waals surface area contributed by atoms with E-state index in [-0.39, 0.29) is 41.8 Å². The Bertz CT molecular complexity index is 902. The molecule has 0 aliphatic carbocycles. The van der Waals surface area contributed by atoms with Crippen molar-refractivity contribution in [3.63, 3.8) is 0 Å². The first-order valence-electron chi connectivity index (χ1n) is 7.59. The molecule has 0 spiro atoms. The van der Waals surface area contributed by atoms with Gasteiger partial charge >= 0.3 is 0 Å².